The lowest BCUT2D eigenvalue weighted by Gasteiger charge is -2.21. The predicted molar refractivity (Wildman–Crippen MR) is 106 cm³/mol. The molecule has 0 aliphatic carbocycles. The van der Waals surface area contributed by atoms with E-state index in [2.05, 4.69) is 17.1 Å². The molecule has 0 amide bonds. The van der Waals surface area contributed by atoms with E-state index in [0.717, 1.165) is 34.5 Å². The molecule has 0 aliphatic heterocycles. The van der Waals surface area contributed by atoms with Crippen LogP contribution in [0.25, 0.3) is 10.4 Å². The molecule has 3 rings (SSSR count). The maximum Gasteiger partial charge on any atom is 0.252 e. The van der Waals surface area contributed by atoms with Crippen molar-refractivity contribution in [1.82, 2.24) is 14.4 Å². The molecule has 0 aliphatic rings. The van der Waals surface area contributed by atoms with Crippen molar-refractivity contribution in [1.29, 1.82) is 0 Å². The van der Waals surface area contributed by atoms with Crippen LogP contribution in [0.1, 0.15) is 36.8 Å². The van der Waals surface area contributed by atoms with Gasteiger partial charge in [0, 0.05) is 30.4 Å². The van der Waals surface area contributed by atoms with E-state index in [9.17, 15) is 8.42 Å². The summed E-state index contributed by atoms with van der Waals surface area (Å²) in [6.07, 6.45) is 5.12. The van der Waals surface area contributed by atoms with Crippen molar-refractivity contribution in [2.45, 2.75) is 44.4 Å². The van der Waals surface area contributed by atoms with E-state index in [1.54, 1.807) is 18.5 Å². The molecule has 0 atom stereocenters. The molecule has 0 bridgehead atoms. The maximum atomic E-state index is 13.3. The highest BCUT2D eigenvalue weighted by molar-refractivity contribution is 7.91. The molecule has 144 valence electrons. The topological polar surface area (TPSA) is 76.3 Å². The van der Waals surface area contributed by atoms with Gasteiger partial charge in [-0.1, -0.05) is 24.6 Å². The van der Waals surface area contributed by atoms with Gasteiger partial charge in [0.25, 0.3) is 10.0 Å². The first-order chi connectivity index (χ1) is 12.9. The van der Waals surface area contributed by atoms with Crippen molar-refractivity contribution < 1.29 is 12.9 Å². The fraction of sp³-hybridized carbons (Fsp3) is 0.368. The highest BCUT2D eigenvalue weighted by Crippen LogP contribution is 2.36. The lowest BCUT2D eigenvalue weighted by atomic mass is 10.2. The van der Waals surface area contributed by atoms with Gasteiger partial charge in [0.15, 0.2) is 0 Å². The molecular formula is C19H23N3O3S2. The fourth-order valence-electron chi connectivity index (χ4n) is 2.87. The standard InChI is InChI=1S/C19H23N3O3S2/c1-4-5-11-22(13-16-7-6-10-20-12-16)27(23,24)18-9-8-17(26-18)19-14(2)21-25-15(19)3/h6-10,12H,4-5,11,13H2,1-3H3. The van der Waals surface area contributed by atoms with Gasteiger partial charge in [-0.3, -0.25) is 4.98 Å². The normalized spacial score (nSPS) is 12.0. The largest absolute Gasteiger partial charge is 0.361 e. The minimum Gasteiger partial charge on any atom is -0.361 e. The summed E-state index contributed by atoms with van der Waals surface area (Å²) >= 11 is 1.25. The Balaban J connectivity index is 1.92. The molecule has 6 nitrogen and oxygen atoms in total. The lowest BCUT2D eigenvalue weighted by Crippen LogP contribution is -2.31. The molecule has 0 fully saturated rings. The summed E-state index contributed by atoms with van der Waals surface area (Å²) in [7, 11) is -3.59. The summed E-state index contributed by atoms with van der Waals surface area (Å²) < 4.78 is 33.6. The molecule has 0 saturated heterocycles. The zero-order chi connectivity index (χ0) is 19.4. The third-order valence-corrected chi connectivity index (χ3v) is 7.71. The molecule has 0 radical (unpaired) electrons. The number of unbranched alkanes of at least 4 members (excludes halogenated alkanes) is 1. The number of rotatable bonds is 8. The first-order valence-corrected chi connectivity index (χ1v) is 11.1. The van der Waals surface area contributed by atoms with Crippen LogP contribution in [0.5, 0.6) is 0 Å². The van der Waals surface area contributed by atoms with Gasteiger partial charge in [-0.25, -0.2) is 8.42 Å². The molecule has 3 aromatic rings. The van der Waals surface area contributed by atoms with E-state index < -0.39 is 10.0 Å². The number of nitrogens with zero attached hydrogens (tertiary/aromatic N) is 3. The van der Waals surface area contributed by atoms with E-state index >= 15 is 0 Å². The smallest absolute Gasteiger partial charge is 0.252 e. The van der Waals surface area contributed by atoms with Crippen molar-refractivity contribution >= 4 is 21.4 Å². The van der Waals surface area contributed by atoms with Crippen LogP contribution < -0.4 is 0 Å². The van der Waals surface area contributed by atoms with Gasteiger partial charge in [-0.2, -0.15) is 4.31 Å². The molecule has 3 heterocycles. The molecule has 0 unspecified atom stereocenters. The third-order valence-electron chi connectivity index (χ3n) is 4.30. The van der Waals surface area contributed by atoms with E-state index in [1.807, 2.05) is 32.0 Å². The van der Waals surface area contributed by atoms with Crippen molar-refractivity contribution in [2.24, 2.45) is 0 Å². The fourth-order valence-corrected chi connectivity index (χ4v) is 5.94. The SMILES string of the molecule is CCCCN(Cc1cccnc1)S(=O)(=O)c1ccc(-c2c(C)noc2C)s1. The zero-order valence-corrected chi connectivity index (χ0v) is 17.3. The number of aromatic nitrogens is 2. The summed E-state index contributed by atoms with van der Waals surface area (Å²) in [5.74, 6) is 0.691. The Morgan fingerprint density at radius 1 is 1.22 bits per heavy atom. The highest BCUT2D eigenvalue weighted by Gasteiger charge is 2.27. The van der Waals surface area contributed by atoms with Crippen LogP contribution in [0.2, 0.25) is 0 Å². The predicted octanol–water partition coefficient (Wildman–Crippen LogP) is 4.41. The molecule has 3 aromatic heterocycles. The van der Waals surface area contributed by atoms with Crippen molar-refractivity contribution in [2.75, 3.05) is 6.54 Å². The van der Waals surface area contributed by atoms with Gasteiger partial charge in [-0.05, 0) is 44.0 Å². The van der Waals surface area contributed by atoms with Gasteiger partial charge in [0.2, 0.25) is 0 Å². The number of pyridine rings is 1. The average molecular weight is 406 g/mol. The quantitative estimate of drug-likeness (QED) is 0.555. The van der Waals surface area contributed by atoms with E-state index in [0.29, 0.717) is 23.1 Å². The zero-order valence-electron chi connectivity index (χ0n) is 15.7. The summed E-state index contributed by atoms with van der Waals surface area (Å²) in [4.78, 5) is 4.94. The Bertz CT molecular complexity index is 975. The first kappa shape index (κ1) is 19.7. The molecule has 0 aromatic carbocycles. The molecule has 27 heavy (non-hydrogen) atoms. The number of thiophene rings is 1. The molecule has 0 saturated carbocycles. The van der Waals surface area contributed by atoms with Crippen LogP contribution in [-0.2, 0) is 16.6 Å². The number of sulfonamides is 1. The summed E-state index contributed by atoms with van der Waals surface area (Å²) in [6.45, 7) is 6.53. The Labute approximate surface area is 163 Å². The second kappa shape index (κ2) is 8.33. The van der Waals surface area contributed by atoms with Crippen LogP contribution >= 0.6 is 11.3 Å². The number of aryl methyl sites for hydroxylation is 2. The Morgan fingerprint density at radius 3 is 2.67 bits per heavy atom. The van der Waals surface area contributed by atoms with Gasteiger partial charge >= 0.3 is 0 Å². The van der Waals surface area contributed by atoms with Crippen molar-refractivity contribution in [3.8, 4) is 10.4 Å². The Morgan fingerprint density at radius 2 is 2.04 bits per heavy atom. The number of hydrogen-bond acceptors (Lipinski definition) is 6. The van der Waals surface area contributed by atoms with Gasteiger partial charge in [0.05, 0.1) is 11.3 Å². The minimum absolute atomic E-state index is 0.314. The van der Waals surface area contributed by atoms with Crippen LogP contribution in [0.15, 0.2) is 45.4 Å². The summed E-state index contributed by atoms with van der Waals surface area (Å²) in [5.41, 5.74) is 2.50. The second-order valence-electron chi connectivity index (χ2n) is 6.37. The second-order valence-corrected chi connectivity index (χ2v) is 9.62. The molecule has 8 heteroatoms. The van der Waals surface area contributed by atoms with E-state index in [4.69, 9.17) is 4.52 Å². The number of hydrogen-bond donors (Lipinski definition) is 0. The van der Waals surface area contributed by atoms with E-state index in [-0.39, 0.29) is 0 Å². The monoisotopic (exact) mass is 405 g/mol. The van der Waals surface area contributed by atoms with Crippen LogP contribution in [-0.4, -0.2) is 29.4 Å². The highest BCUT2D eigenvalue weighted by atomic mass is 32.2. The van der Waals surface area contributed by atoms with Gasteiger partial charge in [-0.15, -0.1) is 11.3 Å². The van der Waals surface area contributed by atoms with Gasteiger partial charge in [0.1, 0.15) is 9.97 Å². The van der Waals surface area contributed by atoms with Gasteiger partial charge < -0.3 is 4.52 Å². The van der Waals surface area contributed by atoms with E-state index in [1.165, 1.54) is 15.6 Å². The van der Waals surface area contributed by atoms with Crippen LogP contribution in [0, 0.1) is 13.8 Å². The maximum absolute atomic E-state index is 13.3. The lowest BCUT2D eigenvalue weighted by molar-refractivity contribution is 0.393. The molecule has 0 N–H and O–H groups in total. The Hall–Kier alpha value is -2.03. The summed E-state index contributed by atoms with van der Waals surface area (Å²) in [6, 6.07) is 7.21. The van der Waals surface area contributed by atoms with Crippen LogP contribution in [0.4, 0.5) is 0 Å². The Kier molecular flexibility index (Phi) is 6.08. The van der Waals surface area contributed by atoms with Crippen molar-refractivity contribution in [3.63, 3.8) is 0 Å². The third kappa shape index (κ3) is 4.28. The van der Waals surface area contributed by atoms with Crippen LogP contribution in [0.3, 0.4) is 0 Å². The molecular weight excluding hydrogens is 382 g/mol. The summed E-state index contributed by atoms with van der Waals surface area (Å²) in [5, 5.41) is 3.96. The van der Waals surface area contributed by atoms with Crippen molar-refractivity contribution in [3.05, 3.63) is 53.7 Å². The molecule has 0 spiro atoms. The average Bonchev–Trinajstić information content (AvgIpc) is 3.26. The first-order valence-electron chi connectivity index (χ1n) is 8.85. The minimum atomic E-state index is -3.59.